The number of aromatic nitrogens is 1. The Morgan fingerprint density at radius 3 is 2.44 bits per heavy atom. The van der Waals surface area contributed by atoms with E-state index in [9.17, 15) is 14.7 Å². The van der Waals surface area contributed by atoms with E-state index in [2.05, 4.69) is 10.3 Å². The molecule has 0 radical (unpaired) electrons. The summed E-state index contributed by atoms with van der Waals surface area (Å²) < 4.78 is 0. The second kappa shape index (κ2) is 9.32. The number of pyridine rings is 1. The fourth-order valence-corrected chi connectivity index (χ4v) is 3.79. The normalized spacial score (nSPS) is 15.6. The number of β-amino-alcohol motifs (C(OH)–C–C–N with tert-alkyl or cyclic N) is 1. The van der Waals surface area contributed by atoms with Gasteiger partial charge < -0.3 is 15.3 Å². The highest BCUT2D eigenvalue weighted by atomic mass is 16.3. The SMILES string of the molecule is Cc1ccc(-c2cc(C(=O)NCc3ccc(C)nc3)cc(C(=O)N3CCC(O)C3)c2)cc1. The second-order valence-corrected chi connectivity index (χ2v) is 8.35. The maximum atomic E-state index is 13.1. The molecule has 2 heterocycles. The predicted octanol–water partition coefficient (Wildman–Crippen LogP) is 3.50. The number of carbonyl (C=O) groups is 2. The third-order valence-corrected chi connectivity index (χ3v) is 5.70. The second-order valence-electron chi connectivity index (χ2n) is 8.35. The fraction of sp³-hybridized carbons (Fsp3) is 0.269. The summed E-state index contributed by atoms with van der Waals surface area (Å²) in [6, 6.07) is 17.1. The monoisotopic (exact) mass is 429 g/mol. The molecule has 1 unspecified atom stereocenters. The summed E-state index contributed by atoms with van der Waals surface area (Å²) in [6.07, 6.45) is 1.82. The van der Waals surface area contributed by atoms with Crippen molar-refractivity contribution in [2.75, 3.05) is 13.1 Å². The number of aliphatic hydroxyl groups excluding tert-OH is 1. The number of hydrogen-bond acceptors (Lipinski definition) is 4. The largest absolute Gasteiger partial charge is 0.391 e. The van der Waals surface area contributed by atoms with Crippen LogP contribution in [0.3, 0.4) is 0 Å². The molecule has 1 aliphatic heterocycles. The van der Waals surface area contributed by atoms with Crippen LogP contribution in [0.4, 0.5) is 0 Å². The molecule has 3 aromatic rings. The summed E-state index contributed by atoms with van der Waals surface area (Å²) >= 11 is 0. The Labute approximate surface area is 187 Å². The minimum Gasteiger partial charge on any atom is -0.391 e. The van der Waals surface area contributed by atoms with E-state index in [0.29, 0.717) is 37.2 Å². The van der Waals surface area contributed by atoms with Gasteiger partial charge in [0.2, 0.25) is 0 Å². The zero-order valence-electron chi connectivity index (χ0n) is 18.3. The topological polar surface area (TPSA) is 82.5 Å². The fourth-order valence-electron chi connectivity index (χ4n) is 3.79. The summed E-state index contributed by atoms with van der Waals surface area (Å²) in [5, 5.41) is 12.8. The first-order chi connectivity index (χ1) is 15.4. The van der Waals surface area contributed by atoms with Gasteiger partial charge in [0.05, 0.1) is 6.10 Å². The van der Waals surface area contributed by atoms with E-state index in [-0.39, 0.29) is 11.8 Å². The Balaban J connectivity index is 1.63. The van der Waals surface area contributed by atoms with Crippen molar-refractivity contribution in [3.05, 3.63) is 88.7 Å². The van der Waals surface area contributed by atoms with Crippen molar-refractivity contribution in [1.29, 1.82) is 0 Å². The first-order valence-corrected chi connectivity index (χ1v) is 10.8. The molecule has 0 bridgehead atoms. The molecule has 0 aliphatic carbocycles. The van der Waals surface area contributed by atoms with Crippen LogP contribution in [0, 0.1) is 13.8 Å². The van der Waals surface area contributed by atoms with E-state index < -0.39 is 6.10 Å². The van der Waals surface area contributed by atoms with Crippen molar-refractivity contribution < 1.29 is 14.7 Å². The van der Waals surface area contributed by atoms with Gasteiger partial charge in [-0.15, -0.1) is 0 Å². The summed E-state index contributed by atoms with van der Waals surface area (Å²) in [5.41, 5.74) is 5.56. The zero-order valence-corrected chi connectivity index (χ0v) is 18.3. The summed E-state index contributed by atoms with van der Waals surface area (Å²) in [7, 11) is 0. The van der Waals surface area contributed by atoms with E-state index in [1.54, 1.807) is 17.2 Å². The van der Waals surface area contributed by atoms with Gasteiger partial charge in [-0.25, -0.2) is 0 Å². The van der Waals surface area contributed by atoms with Gasteiger partial charge in [-0.2, -0.15) is 0 Å². The van der Waals surface area contributed by atoms with E-state index in [4.69, 9.17) is 0 Å². The molecule has 2 N–H and O–H groups in total. The molecule has 0 saturated carbocycles. The molecule has 4 rings (SSSR count). The Hall–Kier alpha value is -3.51. The molecule has 2 amide bonds. The number of rotatable bonds is 5. The van der Waals surface area contributed by atoms with Crippen LogP contribution >= 0.6 is 0 Å². The number of aryl methyl sites for hydroxylation is 2. The first-order valence-electron chi connectivity index (χ1n) is 10.8. The minimum atomic E-state index is -0.495. The molecule has 1 aliphatic rings. The highest BCUT2D eigenvalue weighted by Crippen LogP contribution is 2.25. The summed E-state index contributed by atoms with van der Waals surface area (Å²) in [4.78, 5) is 32.0. The van der Waals surface area contributed by atoms with Crippen LogP contribution < -0.4 is 5.32 Å². The smallest absolute Gasteiger partial charge is 0.253 e. The molecular weight excluding hydrogens is 402 g/mol. The average Bonchev–Trinajstić information content (AvgIpc) is 3.24. The lowest BCUT2D eigenvalue weighted by molar-refractivity contribution is 0.0765. The Kier molecular flexibility index (Phi) is 6.32. The number of carbonyl (C=O) groups excluding carboxylic acids is 2. The van der Waals surface area contributed by atoms with E-state index in [0.717, 1.165) is 27.9 Å². The molecule has 164 valence electrons. The van der Waals surface area contributed by atoms with Crippen LogP contribution in [0.25, 0.3) is 11.1 Å². The molecule has 0 spiro atoms. The van der Waals surface area contributed by atoms with Crippen molar-refractivity contribution in [1.82, 2.24) is 15.2 Å². The molecule has 6 nitrogen and oxygen atoms in total. The zero-order chi connectivity index (χ0) is 22.7. The number of nitrogens with one attached hydrogen (secondary N) is 1. The number of hydrogen-bond donors (Lipinski definition) is 2. The van der Waals surface area contributed by atoms with Crippen molar-refractivity contribution in [2.45, 2.75) is 32.9 Å². The van der Waals surface area contributed by atoms with E-state index in [1.807, 2.05) is 62.4 Å². The molecular formula is C26H27N3O3. The Morgan fingerprint density at radius 2 is 1.78 bits per heavy atom. The highest BCUT2D eigenvalue weighted by molar-refractivity contribution is 6.01. The summed E-state index contributed by atoms with van der Waals surface area (Å²) in [5.74, 6) is -0.428. The van der Waals surface area contributed by atoms with Gasteiger partial charge in [0.25, 0.3) is 11.8 Å². The number of aliphatic hydroxyl groups is 1. The van der Waals surface area contributed by atoms with Gasteiger partial charge >= 0.3 is 0 Å². The summed E-state index contributed by atoms with van der Waals surface area (Å²) in [6.45, 7) is 5.10. The molecule has 2 aromatic carbocycles. The third kappa shape index (κ3) is 5.03. The molecule has 1 aromatic heterocycles. The van der Waals surface area contributed by atoms with Crippen molar-refractivity contribution in [3.8, 4) is 11.1 Å². The number of nitrogens with zero attached hydrogens (tertiary/aromatic N) is 2. The molecule has 1 atom stereocenters. The van der Waals surface area contributed by atoms with Crippen LogP contribution in [0.2, 0.25) is 0 Å². The van der Waals surface area contributed by atoms with Gasteiger partial charge in [-0.1, -0.05) is 35.9 Å². The molecule has 6 heteroatoms. The lowest BCUT2D eigenvalue weighted by atomic mass is 9.98. The Morgan fingerprint density at radius 1 is 1.03 bits per heavy atom. The van der Waals surface area contributed by atoms with Crippen LogP contribution in [-0.2, 0) is 6.54 Å². The minimum absolute atomic E-state index is 0.174. The number of amides is 2. The lowest BCUT2D eigenvalue weighted by Crippen LogP contribution is -2.30. The molecule has 1 saturated heterocycles. The predicted molar refractivity (Wildman–Crippen MR) is 123 cm³/mol. The molecule has 1 fully saturated rings. The number of benzene rings is 2. The standard InChI is InChI=1S/C26H27N3O3/c1-17-3-7-20(8-4-17)21-11-22(25(31)28-15-19-6-5-18(2)27-14-19)13-23(12-21)26(32)29-10-9-24(30)16-29/h3-8,11-14,24,30H,9-10,15-16H2,1-2H3,(H,28,31). The van der Waals surface area contributed by atoms with Crippen molar-refractivity contribution in [3.63, 3.8) is 0 Å². The van der Waals surface area contributed by atoms with Crippen LogP contribution in [0.15, 0.2) is 60.8 Å². The van der Waals surface area contributed by atoms with E-state index in [1.165, 1.54) is 0 Å². The average molecular weight is 430 g/mol. The van der Waals surface area contributed by atoms with Crippen LogP contribution in [0.5, 0.6) is 0 Å². The van der Waals surface area contributed by atoms with Crippen LogP contribution in [0.1, 0.15) is 44.0 Å². The van der Waals surface area contributed by atoms with E-state index >= 15 is 0 Å². The van der Waals surface area contributed by atoms with Gasteiger partial charge in [-0.3, -0.25) is 14.6 Å². The van der Waals surface area contributed by atoms with Gasteiger partial charge in [0.15, 0.2) is 0 Å². The van der Waals surface area contributed by atoms with Gasteiger partial charge in [0.1, 0.15) is 0 Å². The number of likely N-dealkylation sites (tertiary alicyclic amines) is 1. The lowest BCUT2D eigenvalue weighted by Gasteiger charge is -2.17. The van der Waals surface area contributed by atoms with Crippen molar-refractivity contribution in [2.24, 2.45) is 0 Å². The van der Waals surface area contributed by atoms with Crippen LogP contribution in [-0.4, -0.2) is 46.0 Å². The maximum absolute atomic E-state index is 13.1. The third-order valence-electron chi connectivity index (χ3n) is 5.70. The highest BCUT2D eigenvalue weighted by Gasteiger charge is 2.26. The van der Waals surface area contributed by atoms with Gasteiger partial charge in [0, 0.05) is 42.7 Å². The quantitative estimate of drug-likeness (QED) is 0.650. The van der Waals surface area contributed by atoms with Crippen molar-refractivity contribution >= 4 is 11.8 Å². The Bertz CT molecular complexity index is 1120. The van der Waals surface area contributed by atoms with Gasteiger partial charge in [-0.05, 0) is 61.2 Å². The maximum Gasteiger partial charge on any atom is 0.253 e. The molecule has 32 heavy (non-hydrogen) atoms. The first kappa shape index (κ1) is 21.7.